The first-order valence-electron chi connectivity index (χ1n) is 3.27. The molecule has 13 heavy (non-hydrogen) atoms. The van der Waals surface area contributed by atoms with Crippen LogP contribution >= 0.6 is 0 Å². The van der Waals surface area contributed by atoms with Crippen molar-refractivity contribution in [3.63, 3.8) is 0 Å². The summed E-state index contributed by atoms with van der Waals surface area (Å²) in [6.07, 6.45) is 0. The van der Waals surface area contributed by atoms with Gasteiger partial charge in [-0.3, -0.25) is 16.3 Å². The summed E-state index contributed by atoms with van der Waals surface area (Å²) in [5, 5.41) is 30.7. The molecule has 2 heterocycles. The van der Waals surface area contributed by atoms with Crippen molar-refractivity contribution in [2.24, 2.45) is 31.9 Å². The quantitative estimate of drug-likeness (QED) is 0.304. The van der Waals surface area contributed by atoms with Crippen molar-refractivity contribution in [1.82, 2.24) is 0 Å². The Balaban J connectivity index is 2.61. The molecule has 0 saturated carbocycles. The summed E-state index contributed by atoms with van der Waals surface area (Å²) in [4.78, 5) is 11.0. The summed E-state index contributed by atoms with van der Waals surface area (Å²) >= 11 is 0. The Bertz CT molecular complexity index is 350. The van der Waals surface area contributed by atoms with E-state index in [-0.39, 0.29) is 0 Å². The van der Waals surface area contributed by atoms with Crippen molar-refractivity contribution in [2.45, 2.75) is 17.2 Å². The number of hydrogen-bond donors (Lipinski definition) is 4. The van der Waals surface area contributed by atoms with Crippen LogP contribution in [-0.4, -0.2) is 33.4 Å². The van der Waals surface area contributed by atoms with E-state index in [9.17, 15) is 15.0 Å². The molecule has 2 aliphatic rings. The van der Waals surface area contributed by atoms with Crippen molar-refractivity contribution < 1.29 is 15.0 Å². The fourth-order valence-electron chi connectivity index (χ4n) is 1.11. The minimum atomic E-state index is -2.79. The van der Waals surface area contributed by atoms with Gasteiger partial charge in [0, 0.05) is 0 Å². The van der Waals surface area contributed by atoms with Gasteiger partial charge in [-0.1, -0.05) is 0 Å². The number of fused-ring (bicyclic) bond motifs is 1. The van der Waals surface area contributed by atoms with Crippen LogP contribution in [0.5, 0.6) is 0 Å². The molecule has 9 heteroatoms. The lowest BCUT2D eigenvalue weighted by atomic mass is 9.94. The molecule has 6 N–H and O–H groups in total. The van der Waals surface area contributed by atoms with Crippen molar-refractivity contribution in [1.29, 1.82) is 0 Å². The molecular weight excluding hydrogens is 180 g/mol. The van der Waals surface area contributed by atoms with Crippen LogP contribution in [0, 0.1) is 0 Å². The highest BCUT2D eigenvalue weighted by Gasteiger charge is 2.73. The lowest BCUT2D eigenvalue weighted by Crippen LogP contribution is -2.71. The molecule has 0 aromatic rings. The molecule has 2 unspecified atom stereocenters. The van der Waals surface area contributed by atoms with Gasteiger partial charge < -0.3 is 10.2 Å². The smallest absolute Gasteiger partial charge is 0.329 e. The largest absolute Gasteiger partial charge is 0.343 e. The van der Waals surface area contributed by atoms with Gasteiger partial charge in [-0.05, 0) is 0 Å². The summed E-state index contributed by atoms with van der Waals surface area (Å²) < 4.78 is 0. The van der Waals surface area contributed by atoms with Crippen LogP contribution in [-0.2, 0) is 4.79 Å². The number of nitrogens with zero attached hydrogens (tertiary/aromatic N) is 4. The van der Waals surface area contributed by atoms with Gasteiger partial charge in [0.2, 0.25) is 0 Å². The molecule has 0 saturated heterocycles. The first-order chi connectivity index (χ1) is 5.83. The van der Waals surface area contributed by atoms with Crippen LogP contribution in [0.3, 0.4) is 0 Å². The maximum Gasteiger partial charge on any atom is 0.329 e. The van der Waals surface area contributed by atoms with Crippen LogP contribution < -0.4 is 11.5 Å². The van der Waals surface area contributed by atoms with Crippen LogP contribution in [0.1, 0.15) is 0 Å². The lowest BCUT2D eigenvalue weighted by molar-refractivity contribution is -0.199. The minimum absolute atomic E-state index is 0.955. The van der Waals surface area contributed by atoms with Crippen LogP contribution in [0.25, 0.3) is 0 Å². The number of hydrogen-bond acceptors (Lipinski definition) is 8. The monoisotopic (exact) mass is 186 g/mol. The van der Waals surface area contributed by atoms with Crippen LogP contribution in [0.15, 0.2) is 20.5 Å². The van der Waals surface area contributed by atoms with E-state index in [1.54, 1.807) is 0 Å². The number of rotatable bonds is 0. The highest BCUT2D eigenvalue weighted by atomic mass is 16.5. The molecule has 0 bridgehead atoms. The number of aliphatic hydroxyl groups is 2. The molecule has 2 atom stereocenters. The Morgan fingerprint density at radius 3 is 2.31 bits per heavy atom. The van der Waals surface area contributed by atoms with Gasteiger partial charge in [0.05, 0.1) is 0 Å². The van der Waals surface area contributed by atoms with Crippen LogP contribution in [0.4, 0.5) is 0 Å². The van der Waals surface area contributed by atoms with Gasteiger partial charge in [0.1, 0.15) is 0 Å². The van der Waals surface area contributed by atoms with E-state index in [1.807, 2.05) is 0 Å². The summed E-state index contributed by atoms with van der Waals surface area (Å²) in [5.41, 5.74) is 6.42. The van der Waals surface area contributed by atoms with Gasteiger partial charge in [0.15, 0.2) is 0 Å². The van der Waals surface area contributed by atoms with Gasteiger partial charge in [0.25, 0.3) is 11.3 Å². The molecule has 2 rings (SSSR count). The first kappa shape index (κ1) is 8.31. The van der Waals surface area contributed by atoms with Crippen molar-refractivity contribution in [2.75, 3.05) is 0 Å². The molecule has 1 amide bonds. The highest BCUT2D eigenvalue weighted by Crippen LogP contribution is 2.42. The summed E-state index contributed by atoms with van der Waals surface area (Å²) in [7, 11) is 0. The van der Waals surface area contributed by atoms with E-state index in [0.717, 1.165) is 0 Å². The first-order valence-corrected chi connectivity index (χ1v) is 3.27. The molecule has 0 radical (unpaired) electrons. The second kappa shape index (κ2) is 1.80. The number of carbonyl (C=O) groups is 1. The standard InChI is InChI=1S/C4H6N6O3/c5-2-1(11)7-9-3(2,6)4(12,13)10-8-2/h12-13H,5-6H2. The second-order valence-electron chi connectivity index (χ2n) is 2.87. The summed E-state index contributed by atoms with van der Waals surface area (Å²) in [5.74, 6) is -3.75. The SMILES string of the molecule is NC12N=NC(O)(O)C1(N)N=NC2=O. The summed E-state index contributed by atoms with van der Waals surface area (Å²) in [6.45, 7) is 0. The number of nitrogens with two attached hydrogens (primary N) is 2. The predicted octanol–water partition coefficient (Wildman–Crippen LogP) is -2.61. The minimum Gasteiger partial charge on any atom is -0.343 e. The van der Waals surface area contributed by atoms with Gasteiger partial charge in [-0.25, -0.2) is 0 Å². The van der Waals surface area contributed by atoms with E-state index in [4.69, 9.17) is 11.5 Å². The summed E-state index contributed by atoms with van der Waals surface area (Å²) in [6, 6.07) is 0. The molecule has 9 nitrogen and oxygen atoms in total. The fourth-order valence-corrected chi connectivity index (χ4v) is 1.11. The zero-order valence-corrected chi connectivity index (χ0v) is 6.25. The fraction of sp³-hybridized carbons (Fsp3) is 0.750. The topological polar surface area (TPSA) is 159 Å². The van der Waals surface area contributed by atoms with Crippen molar-refractivity contribution >= 4 is 5.91 Å². The number of amides is 1. The maximum atomic E-state index is 11.0. The van der Waals surface area contributed by atoms with Crippen LogP contribution in [0.2, 0.25) is 0 Å². The number of azo groups is 2. The zero-order chi connectivity index (χ0) is 9.91. The van der Waals surface area contributed by atoms with Gasteiger partial charge >= 0.3 is 11.8 Å². The predicted molar refractivity (Wildman–Crippen MR) is 35.7 cm³/mol. The molecular formula is C4H6N6O3. The highest BCUT2D eigenvalue weighted by molar-refractivity contribution is 5.90. The Labute approximate surface area is 71.1 Å². The van der Waals surface area contributed by atoms with E-state index in [1.165, 1.54) is 0 Å². The Hall–Kier alpha value is -1.29. The van der Waals surface area contributed by atoms with Gasteiger partial charge in [-0.15, -0.1) is 15.3 Å². The Kier molecular flexibility index (Phi) is 1.15. The molecule has 0 aromatic carbocycles. The molecule has 0 aromatic heterocycles. The van der Waals surface area contributed by atoms with E-state index in [0.29, 0.717) is 0 Å². The molecule has 0 fully saturated rings. The molecule has 0 aliphatic carbocycles. The second-order valence-corrected chi connectivity index (χ2v) is 2.87. The zero-order valence-electron chi connectivity index (χ0n) is 6.25. The Morgan fingerprint density at radius 2 is 1.77 bits per heavy atom. The van der Waals surface area contributed by atoms with E-state index < -0.39 is 23.1 Å². The lowest BCUT2D eigenvalue weighted by Gasteiger charge is -2.29. The molecule has 0 spiro atoms. The third kappa shape index (κ3) is 0.637. The average molecular weight is 186 g/mol. The molecule has 70 valence electrons. The normalized spacial score (nSPS) is 45.7. The van der Waals surface area contributed by atoms with E-state index >= 15 is 0 Å². The van der Waals surface area contributed by atoms with Crippen molar-refractivity contribution in [3.05, 3.63) is 0 Å². The van der Waals surface area contributed by atoms with E-state index in [2.05, 4.69) is 20.5 Å². The van der Waals surface area contributed by atoms with Gasteiger partial charge in [-0.2, -0.15) is 5.11 Å². The third-order valence-corrected chi connectivity index (χ3v) is 2.06. The average Bonchev–Trinajstić information content (AvgIpc) is 2.37. The number of carbonyl (C=O) groups excluding carboxylic acids is 1. The third-order valence-electron chi connectivity index (χ3n) is 2.06. The maximum absolute atomic E-state index is 11.0. The Morgan fingerprint density at radius 1 is 1.15 bits per heavy atom. The van der Waals surface area contributed by atoms with Crippen molar-refractivity contribution in [3.8, 4) is 0 Å². The molecule has 2 aliphatic heterocycles.